The van der Waals surface area contributed by atoms with Crippen molar-refractivity contribution in [1.29, 1.82) is 0 Å². The summed E-state index contributed by atoms with van der Waals surface area (Å²) in [7, 11) is 0. The minimum Gasteiger partial charge on any atom is -0.307 e. The molecule has 0 saturated carbocycles. The number of benzene rings is 2. The molecule has 2 aromatic carbocycles. The molecule has 5 rings (SSSR count). The minimum absolute atomic E-state index is 0.756. The SMILES string of the molecule is NNc1nc2ccccc2c2c1sc1sc3ccccc3c12. The first-order valence-electron chi connectivity index (χ1n) is 6.96. The maximum atomic E-state index is 5.71. The topological polar surface area (TPSA) is 50.9 Å². The predicted octanol–water partition coefficient (Wildman–Crippen LogP) is 5.10. The molecule has 106 valence electrons. The Labute approximate surface area is 134 Å². The number of para-hydroxylation sites is 1. The van der Waals surface area contributed by atoms with Crippen molar-refractivity contribution in [1.82, 2.24) is 4.98 Å². The second kappa shape index (κ2) is 4.39. The number of nitrogens with zero attached hydrogens (tertiary/aromatic N) is 1. The van der Waals surface area contributed by atoms with Crippen molar-refractivity contribution in [2.24, 2.45) is 5.84 Å². The Kier molecular flexibility index (Phi) is 2.47. The van der Waals surface area contributed by atoms with Crippen LogP contribution in [-0.2, 0) is 0 Å². The molecule has 0 unspecified atom stereocenters. The number of hydrogen-bond donors (Lipinski definition) is 2. The highest BCUT2D eigenvalue weighted by molar-refractivity contribution is 7.44. The molecule has 5 aromatic rings. The molecule has 5 heteroatoms. The van der Waals surface area contributed by atoms with E-state index in [-0.39, 0.29) is 0 Å². The largest absolute Gasteiger partial charge is 0.307 e. The van der Waals surface area contributed by atoms with Gasteiger partial charge in [-0.1, -0.05) is 36.4 Å². The number of nitrogens with two attached hydrogens (primary N) is 1. The zero-order valence-corrected chi connectivity index (χ0v) is 13.1. The van der Waals surface area contributed by atoms with Gasteiger partial charge in [0.25, 0.3) is 0 Å². The number of aromatic nitrogens is 1. The summed E-state index contributed by atoms with van der Waals surface area (Å²) in [6, 6.07) is 16.8. The predicted molar refractivity (Wildman–Crippen MR) is 97.8 cm³/mol. The fourth-order valence-electron chi connectivity index (χ4n) is 3.06. The van der Waals surface area contributed by atoms with Crippen molar-refractivity contribution in [3.05, 3.63) is 48.5 Å². The average molecular weight is 321 g/mol. The third-order valence-electron chi connectivity index (χ3n) is 3.99. The van der Waals surface area contributed by atoms with Crippen molar-refractivity contribution in [2.45, 2.75) is 0 Å². The maximum absolute atomic E-state index is 5.71. The van der Waals surface area contributed by atoms with Crippen molar-refractivity contribution < 1.29 is 0 Å². The molecule has 3 aromatic heterocycles. The summed E-state index contributed by atoms with van der Waals surface area (Å²) in [5.41, 5.74) is 3.74. The smallest absolute Gasteiger partial charge is 0.158 e. The van der Waals surface area contributed by atoms with E-state index in [0.717, 1.165) is 16.0 Å². The van der Waals surface area contributed by atoms with Crippen LogP contribution in [-0.4, -0.2) is 4.98 Å². The van der Waals surface area contributed by atoms with Gasteiger partial charge in [0.1, 0.15) is 0 Å². The molecule has 0 radical (unpaired) electrons. The number of pyridine rings is 1. The number of nitrogens with one attached hydrogen (secondary N) is 1. The summed E-state index contributed by atoms with van der Waals surface area (Å²) in [5, 5.41) is 5.09. The van der Waals surface area contributed by atoms with E-state index in [1.807, 2.05) is 23.5 Å². The van der Waals surface area contributed by atoms with E-state index in [1.54, 1.807) is 11.3 Å². The monoisotopic (exact) mass is 321 g/mol. The molecule has 0 bridgehead atoms. The maximum Gasteiger partial charge on any atom is 0.158 e. The normalized spacial score (nSPS) is 11.9. The van der Waals surface area contributed by atoms with Crippen molar-refractivity contribution in [2.75, 3.05) is 5.43 Å². The van der Waals surface area contributed by atoms with Gasteiger partial charge in [0.2, 0.25) is 0 Å². The number of anilines is 1. The molecule has 0 aliphatic carbocycles. The zero-order chi connectivity index (χ0) is 14.7. The Morgan fingerprint density at radius 1 is 0.864 bits per heavy atom. The number of thiophene rings is 2. The molecule has 22 heavy (non-hydrogen) atoms. The molecule has 3 heterocycles. The van der Waals surface area contributed by atoms with Gasteiger partial charge in [-0.25, -0.2) is 10.8 Å². The molecule has 0 aliphatic heterocycles. The second-order valence-electron chi connectivity index (χ2n) is 5.19. The van der Waals surface area contributed by atoms with E-state index in [1.165, 1.54) is 30.3 Å². The van der Waals surface area contributed by atoms with Crippen LogP contribution in [0.4, 0.5) is 5.82 Å². The van der Waals surface area contributed by atoms with Crippen LogP contribution in [0.1, 0.15) is 0 Å². The fraction of sp³-hybridized carbons (Fsp3) is 0. The highest BCUT2D eigenvalue weighted by atomic mass is 32.2. The summed E-state index contributed by atoms with van der Waals surface area (Å²) in [4.78, 5) is 4.66. The quantitative estimate of drug-likeness (QED) is 0.333. The third kappa shape index (κ3) is 1.50. The van der Waals surface area contributed by atoms with Crippen LogP contribution in [0.15, 0.2) is 48.5 Å². The Balaban J connectivity index is 2.15. The number of hydrogen-bond acceptors (Lipinski definition) is 5. The standard InChI is InChI=1S/C17H11N3S2/c18-20-16-15-13(9-5-1-3-7-11(9)19-16)14-10-6-2-4-8-12(10)21-17(14)22-15/h1-8H,18H2,(H,19,20). The molecule has 0 amide bonds. The first-order chi connectivity index (χ1) is 10.9. The van der Waals surface area contributed by atoms with Gasteiger partial charge in [-0.15, -0.1) is 22.7 Å². The van der Waals surface area contributed by atoms with Gasteiger partial charge >= 0.3 is 0 Å². The van der Waals surface area contributed by atoms with Gasteiger partial charge in [0.05, 0.1) is 14.2 Å². The van der Waals surface area contributed by atoms with Gasteiger partial charge < -0.3 is 5.43 Å². The lowest BCUT2D eigenvalue weighted by Gasteiger charge is -2.05. The van der Waals surface area contributed by atoms with Gasteiger partial charge in [-0.3, -0.25) is 0 Å². The summed E-state index contributed by atoms with van der Waals surface area (Å²) < 4.78 is 3.79. The van der Waals surface area contributed by atoms with Crippen LogP contribution in [0.25, 0.3) is 40.5 Å². The summed E-state index contributed by atoms with van der Waals surface area (Å²) >= 11 is 3.60. The Morgan fingerprint density at radius 3 is 2.50 bits per heavy atom. The molecule has 0 saturated heterocycles. The van der Waals surface area contributed by atoms with Gasteiger partial charge in [-0.2, -0.15) is 0 Å². The van der Waals surface area contributed by atoms with E-state index in [0.29, 0.717) is 0 Å². The van der Waals surface area contributed by atoms with Gasteiger partial charge in [0.15, 0.2) is 5.82 Å². The first kappa shape index (κ1) is 12.3. The summed E-state index contributed by atoms with van der Waals surface area (Å²) in [5.74, 6) is 6.46. The molecule has 3 nitrogen and oxygen atoms in total. The van der Waals surface area contributed by atoms with Crippen LogP contribution in [0, 0.1) is 0 Å². The van der Waals surface area contributed by atoms with Crippen molar-refractivity contribution >= 4 is 69.0 Å². The Morgan fingerprint density at radius 2 is 1.64 bits per heavy atom. The van der Waals surface area contributed by atoms with Crippen LogP contribution < -0.4 is 11.3 Å². The van der Waals surface area contributed by atoms with Crippen molar-refractivity contribution in [3.63, 3.8) is 0 Å². The zero-order valence-electron chi connectivity index (χ0n) is 11.5. The van der Waals surface area contributed by atoms with Crippen LogP contribution >= 0.6 is 22.7 Å². The van der Waals surface area contributed by atoms with Gasteiger partial charge in [-0.05, 0) is 12.1 Å². The number of fused-ring (bicyclic) bond motifs is 7. The summed E-state index contributed by atoms with van der Waals surface area (Å²) in [6.07, 6.45) is 0. The lowest BCUT2D eigenvalue weighted by Crippen LogP contribution is -2.08. The van der Waals surface area contributed by atoms with E-state index in [4.69, 9.17) is 5.84 Å². The average Bonchev–Trinajstić information content (AvgIpc) is 3.10. The van der Waals surface area contributed by atoms with E-state index in [9.17, 15) is 0 Å². The summed E-state index contributed by atoms with van der Waals surface area (Å²) in [6.45, 7) is 0. The molecule has 0 spiro atoms. The van der Waals surface area contributed by atoms with Crippen LogP contribution in [0.2, 0.25) is 0 Å². The molecular formula is C17H11N3S2. The molecule has 0 aliphatic rings. The van der Waals surface area contributed by atoms with E-state index < -0.39 is 0 Å². The van der Waals surface area contributed by atoms with Crippen molar-refractivity contribution in [3.8, 4) is 0 Å². The Hall–Kier alpha value is -2.21. The Bertz CT molecular complexity index is 1170. The second-order valence-corrected chi connectivity index (χ2v) is 7.52. The molecular weight excluding hydrogens is 310 g/mol. The van der Waals surface area contributed by atoms with Crippen LogP contribution in [0.5, 0.6) is 0 Å². The lowest BCUT2D eigenvalue weighted by molar-refractivity contribution is 1.29. The highest BCUT2D eigenvalue weighted by Gasteiger charge is 2.17. The highest BCUT2D eigenvalue weighted by Crippen LogP contribution is 2.47. The number of rotatable bonds is 1. The third-order valence-corrected chi connectivity index (χ3v) is 6.45. The number of nitrogen functional groups attached to an aromatic ring is 1. The lowest BCUT2D eigenvalue weighted by atomic mass is 10.1. The fourth-order valence-corrected chi connectivity index (χ4v) is 5.71. The first-order valence-corrected chi connectivity index (χ1v) is 8.59. The number of hydrazine groups is 1. The minimum atomic E-state index is 0.756. The molecule has 0 atom stereocenters. The van der Waals surface area contributed by atoms with Gasteiger partial charge in [0, 0.05) is 26.2 Å². The molecule has 3 N–H and O–H groups in total. The molecule has 0 fully saturated rings. The van der Waals surface area contributed by atoms with E-state index in [2.05, 4.69) is 46.8 Å². The van der Waals surface area contributed by atoms with E-state index >= 15 is 0 Å². The van der Waals surface area contributed by atoms with Crippen LogP contribution in [0.3, 0.4) is 0 Å².